The van der Waals surface area contributed by atoms with Crippen LogP contribution >= 0.6 is 22.6 Å². The molecule has 3 rings (SSSR count). The molecule has 0 unspecified atom stereocenters. The fourth-order valence-electron chi connectivity index (χ4n) is 1.96. The lowest BCUT2D eigenvalue weighted by Crippen LogP contribution is -1.93. The van der Waals surface area contributed by atoms with E-state index in [1.807, 2.05) is 6.07 Å². The zero-order valence-corrected chi connectivity index (χ0v) is 11.9. The topological polar surface area (TPSA) is 65.2 Å². The van der Waals surface area contributed by atoms with Gasteiger partial charge < -0.3 is 15.9 Å². The molecule has 0 spiro atoms. The van der Waals surface area contributed by atoms with Crippen molar-refractivity contribution in [3.63, 3.8) is 0 Å². The summed E-state index contributed by atoms with van der Waals surface area (Å²) >= 11 is 2.06. The van der Waals surface area contributed by atoms with Gasteiger partial charge in [-0.2, -0.15) is 0 Å². The Kier molecular flexibility index (Phi) is 2.85. The lowest BCUT2D eigenvalue weighted by Gasteiger charge is -2.00. The van der Waals surface area contributed by atoms with Gasteiger partial charge >= 0.3 is 0 Å². The number of furan rings is 1. The molecule has 3 aromatic rings. The van der Waals surface area contributed by atoms with Crippen molar-refractivity contribution in [3.05, 3.63) is 45.8 Å². The molecule has 3 nitrogen and oxygen atoms in total. The predicted octanol–water partition coefficient (Wildman–Crippen LogP) is 4.01. The van der Waals surface area contributed by atoms with Crippen LogP contribution in [0.2, 0.25) is 0 Å². The van der Waals surface area contributed by atoms with Crippen LogP contribution in [0, 0.1) is 9.39 Å². The maximum absolute atomic E-state index is 13.9. The van der Waals surface area contributed by atoms with Gasteiger partial charge in [0.25, 0.3) is 0 Å². The highest BCUT2D eigenvalue weighted by Gasteiger charge is 2.13. The van der Waals surface area contributed by atoms with E-state index in [4.69, 9.17) is 15.9 Å². The molecule has 1 aromatic heterocycles. The van der Waals surface area contributed by atoms with Gasteiger partial charge in [-0.05, 0) is 59.0 Å². The van der Waals surface area contributed by atoms with Crippen molar-refractivity contribution in [1.82, 2.24) is 0 Å². The summed E-state index contributed by atoms with van der Waals surface area (Å²) in [4.78, 5) is 0. The molecule has 0 amide bonds. The first-order chi connectivity index (χ1) is 9.06. The van der Waals surface area contributed by atoms with Gasteiger partial charge in [-0.3, -0.25) is 0 Å². The van der Waals surface area contributed by atoms with E-state index in [0.29, 0.717) is 28.3 Å². The Bertz CT molecular complexity index is 782. The van der Waals surface area contributed by atoms with E-state index < -0.39 is 0 Å². The number of rotatable bonds is 1. The molecule has 4 N–H and O–H groups in total. The van der Waals surface area contributed by atoms with Gasteiger partial charge in [0, 0.05) is 8.96 Å². The molecule has 0 saturated carbocycles. The number of halogens is 2. The summed E-state index contributed by atoms with van der Waals surface area (Å²) in [6, 6.07) is 10.2. The average molecular weight is 368 g/mol. The lowest BCUT2D eigenvalue weighted by molar-refractivity contribution is 0.601. The van der Waals surface area contributed by atoms with Crippen LogP contribution in [-0.2, 0) is 0 Å². The third-order valence-corrected chi connectivity index (χ3v) is 3.63. The van der Waals surface area contributed by atoms with Crippen molar-refractivity contribution in [2.45, 2.75) is 0 Å². The highest BCUT2D eigenvalue weighted by molar-refractivity contribution is 14.1. The maximum atomic E-state index is 13.9. The molecule has 0 aliphatic heterocycles. The van der Waals surface area contributed by atoms with Crippen LogP contribution in [0.3, 0.4) is 0 Å². The van der Waals surface area contributed by atoms with Crippen LogP contribution in [0.25, 0.3) is 22.3 Å². The molecule has 0 atom stereocenters. The Hall–Kier alpha value is -1.76. The Labute approximate surface area is 122 Å². The molecule has 0 aliphatic carbocycles. The van der Waals surface area contributed by atoms with Gasteiger partial charge in [0.05, 0.1) is 16.9 Å². The van der Waals surface area contributed by atoms with Crippen molar-refractivity contribution in [2.24, 2.45) is 0 Å². The first-order valence-corrected chi connectivity index (χ1v) is 6.67. The summed E-state index contributed by atoms with van der Waals surface area (Å²) in [7, 11) is 0. The number of hydrogen-bond donors (Lipinski definition) is 2. The van der Waals surface area contributed by atoms with Crippen LogP contribution in [-0.4, -0.2) is 0 Å². The monoisotopic (exact) mass is 368 g/mol. The smallest absolute Gasteiger partial charge is 0.159 e. The average Bonchev–Trinajstić information content (AvgIpc) is 2.78. The van der Waals surface area contributed by atoms with E-state index in [0.717, 1.165) is 8.96 Å². The van der Waals surface area contributed by atoms with Crippen molar-refractivity contribution >= 4 is 44.9 Å². The van der Waals surface area contributed by atoms with Gasteiger partial charge in [0.1, 0.15) is 11.6 Å². The van der Waals surface area contributed by atoms with E-state index in [1.165, 1.54) is 6.07 Å². The molecule has 0 aliphatic rings. The summed E-state index contributed by atoms with van der Waals surface area (Å²) < 4.78 is 20.4. The Morgan fingerprint density at radius 2 is 1.84 bits per heavy atom. The zero-order valence-electron chi connectivity index (χ0n) is 9.78. The summed E-state index contributed by atoms with van der Waals surface area (Å²) in [6.07, 6.45) is 0. The van der Waals surface area contributed by atoms with Crippen molar-refractivity contribution in [1.29, 1.82) is 0 Å². The third kappa shape index (κ3) is 2.03. The van der Waals surface area contributed by atoms with Crippen LogP contribution in [0.1, 0.15) is 0 Å². The molecule has 19 heavy (non-hydrogen) atoms. The van der Waals surface area contributed by atoms with Gasteiger partial charge in [0.15, 0.2) is 5.58 Å². The van der Waals surface area contributed by atoms with E-state index in [2.05, 4.69) is 22.6 Å². The highest BCUT2D eigenvalue weighted by Crippen LogP contribution is 2.34. The SMILES string of the molecule is Nc1ccc2cc(-c3ccc(I)cc3F)oc2c1N. The van der Waals surface area contributed by atoms with Crippen LogP contribution < -0.4 is 11.5 Å². The number of nitrogen functional groups attached to an aromatic ring is 2. The number of nitrogens with two attached hydrogens (primary N) is 2. The largest absolute Gasteiger partial charge is 0.454 e. The quantitative estimate of drug-likeness (QED) is 0.504. The molecule has 5 heteroatoms. The molecule has 0 bridgehead atoms. The number of benzene rings is 2. The molecular weight excluding hydrogens is 358 g/mol. The summed E-state index contributed by atoms with van der Waals surface area (Å²) in [5.41, 5.74) is 13.3. The lowest BCUT2D eigenvalue weighted by atomic mass is 10.1. The second-order valence-corrected chi connectivity index (χ2v) is 5.47. The Balaban J connectivity index is 2.23. The minimum absolute atomic E-state index is 0.322. The molecular formula is C14H10FIN2O. The van der Waals surface area contributed by atoms with Gasteiger partial charge in [-0.25, -0.2) is 4.39 Å². The molecule has 1 heterocycles. The van der Waals surface area contributed by atoms with E-state index in [-0.39, 0.29) is 5.82 Å². The van der Waals surface area contributed by atoms with Crippen molar-refractivity contribution in [2.75, 3.05) is 11.5 Å². The summed E-state index contributed by atoms with van der Waals surface area (Å²) in [6.45, 7) is 0. The van der Waals surface area contributed by atoms with Crippen molar-refractivity contribution < 1.29 is 8.81 Å². The molecule has 0 fully saturated rings. The van der Waals surface area contributed by atoms with Gasteiger partial charge in [-0.15, -0.1) is 0 Å². The first kappa shape index (κ1) is 12.3. The van der Waals surface area contributed by atoms with Crippen LogP contribution in [0.5, 0.6) is 0 Å². The van der Waals surface area contributed by atoms with Gasteiger partial charge in [-0.1, -0.05) is 0 Å². The second-order valence-electron chi connectivity index (χ2n) is 4.22. The third-order valence-electron chi connectivity index (χ3n) is 2.96. The molecule has 2 aromatic carbocycles. The van der Waals surface area contributed by atoms with E-state index >= 15 is 0 Å². The Morgan fingerprint density at radius 3 is 2.58 bits per heavy atom. The summed E-state index contributed by atoms with van der Waals surface area (Å²) in [5, 5.41) is 0.805. The molecule has 0 saturated heterocycles. The zero-order chi connectivity index (χ0) is 13.6. The predicted molar refractivity (Wildman–Crippen MR) is 83.1 cm³/mol. The molecule has 0 radical (unpaired) electrons. The first-order valence-electron chi connectivity index (χ1n) is 5.59. The fourth-order valence-corrected chi connectivity index (χ4v) is 2.42. The maximum Gasteiger partial charge on any atom is 0.159 e. The Morgan fingerprint density at radius 1 is 1.05 bits per heavy atom. The van der Waals surface area contributed by atoms with E-state index in [1.54, 1.807) is 24.3 Å². The van der Waals surface area contributed by atoms with E-state index in [9.17, 15) is 4.39 Å². The molecule has 96 valence electrons. The standard InChI is InChI=1S/C14H10FIN2O/c15-10-6-8(16)2-3-9(10)12-5-7-1-4-11(17)13(18)14(7)19-12/h1-6H,17-18H2. The van der Waals surface area contributed by atoms with Crippen LogP contribution in [0.15, 0.2) is 40.8 Å². The van der Waals surface area contributed by atoms with Crippen molar-refractivity contribution in [3.8, 4) is 11.3 Å². The summed E-state index contributed by atoms with van der Waals surface area (Å²) in [5.74, 6) is 0.124. The second kappa shape index (κ2) is 4.41. The minimum atomic E-state index is -0.322. The fraction of sp³-hybridized carbons (Fsp3) is 0. The van der Waals surface area contributed by atoms with Gasteiger partial charge in [0.2, 0.25) is 0 Å². The normalized spacial score (nSPS) is 11.1. The highest BCUT2D eigenvalue weighted by atomic mass is 127. The number of anilines is 2. The number of hydrogen-bond acceptors (Lipinski definition) is 3. The van der Waals surface area contributed by atoms with Crippen LogP contribution in [0.4, 0.5) is 15.8 Å². The minimum Gasteiger partial charge on any atom is -0.454 e. The number of fused-ring (bicyclic) bond motifs is 1.